The zero-order valence-corrected chi connectivity index (χ0v) is 24.2. The fourth-order valence-electron chi connectivity index (χ4n) is 4.34. The van der Waals surface area contributed by atoms with Gasteiger partial charge in [-0.3, -0.25) is 4.98 Å². The van der Waals surface area contributed by atoms with Crippen LogP contribution in [0.4, 0.5) is 37.8 Å². The number of H-pyrrole nitrogens is 1. The molecule has 244 valence electrons. The number of carboxylic acids is 2. The third kappa shape index (κ3) is 9.04. The summed E-state index contributed by atoms with van der Waals surface area (Å²) in [7, 11) is 1.79. The number of ether oxygens (including phenoxy) is 1. The number of pyridine rings is 1. The van der Waals surface area contributed by atoms with E-state index in [4.69, 9.17) is 41.1 Å². The Labute approximate surface area is 255 Å². The van der Waals surface area contributed by atoms with E-state index in [0.29, 0.717) is 22.6 Å². The number of methoxy groups -OCH3 is 1. The number of carboxylic acid groups (broad SMARTS) is 2. The number of aromatic nitrogens is 5. The summed E-state index contributed by atoms with van der Waals surface area (Å²) in [5, 5.41) is 19.4. The van der Waals surface area contributed by atoms with E-state index >= 15 is 0 Å². The van der Waals surface area contributed by atoms with E-state index in [2.05, 4.69) is 37.1 Å². The molecule has 1 unspecified atom stereocenters. The van der Waals surface area contributed by atoms with Crippen molar-refractivity contribution >= 4 is 57.1 Å². The number of halogens is 7. The molecule has 4 heterocycles. The summed E-state index contributed by atoms with van der Waals surface area (Å²) < 4.78 is 69.0. The molecule has 1 aliphatic rings. The lowest BCUT2D eigenvalue weighted by molar-refractivity contribution is -0.193. The number of carbonyl (C=O) groups is 2. The van der Waals surface area contributed by atoms with Crippen molar-refractivity contribution in [3.8, 4) is 0 Å². The smallest absolute Gasteiger partial charge is 0.475 e. The van der Waals surface area contributed by atoms with Gasteiger partial charge in [0.15, 0.2) is 11.5 Å². The number of nitrogens with one attached hydrogen (secondary N) is 2. The van der Waals surface area contributed by atoms with Crippen LogP contribution in [0, 0.1) is 0 Å². The second-order valence-electron chi connectivity index (χ2n) is 9.41. The van der Waals surface area contributed by atoms with E-state index in [1.807, 2.05) is 24.4 Å². The van der Waals surface area contributed by atoms with Gasteiger partial charge >= 0.3 is 24.3 Å². The van der Waals surface area contributed by atoms with E-state index in [-0.39, 0.29) is 6.04 Å². The number of rotatable bonds is 5. The van der Waals surface area contributed by atoms with Crippen LogP contribution < -0.4 is 10.2 Å². The van der Waals surface area contributed by atoms with Gasteiger partial charge in [0.1, 0.15) is 11.8 Å². The molecule has 45 heavy (non-hydrogen) atoms. The second kappa shape index (κ2) is 14.6. The molecule has 3 aromatic heterocycles. The quantitative estimate of drug-likeness (QED) is 0.196. The molecule has 0 bridgehead atoms. The van der Waals surface area contributed by atoms with Crippen molar-refractivity contribution in [1.82, 2.24) is 24.9 Å². The Bertz CT molecular complexity index is 1600. The van der Waals surface area contributed by atoms with E-state index in [1.54, 1.807) is 13.4 Å². The summed E-state index contributed by atoms with van der Waals surface area (Å²) in [6.07, 6.45) is -2.94. The molecule has 4 N–H and O–H groups in total. The highest BCUT2D eigenvalue weighted by molar-refractivity contribution is 6.36. The third-order valence-corrected chi connectivity index (χ3v) is 6.78. The number of anilines is 2. The van der Waals surface area contributed by atoms with Gasteiger partial charge in [-0.05, 0) is 38.0 Å². The lowest BCUT2D eigenvalue weighted by atomic mass is 9.98. The van der Waals surface area contributed by atoms with E-state index in [9.17, 15) is 26.3 Å². The molecule has 4 aromatic rings. The summed E-state index contributed by atoms with van der Waals surface area (Å²) >= 11 is 6.70. The van der Waals surface area contributed by atoms with Gasteiger partial charge in [-0.1, -0.05) is 11.6 Å². The summed E-state index contributed by atoms with van der Waals surface area (Å²) in [6, 6.07) is 5.93. The van der Waals surface area contributed by atoms with Crippen molar-refractivity contribution in [2.75, 3.05) is 30.4 Å². The lowest BCUT2D eigenvalue weighted by Gasteiger charge is -2.35. The van der Waals surface area contributed by atoms with Gasteiger partial charge in [0, 0.05) is 37.3 Å². The van der Waals surface area contributed by atoms with Gasteiger partial charge < -0.3 is 30.2 Å². The first-order valence-electron chi connectivity index (χ1n) is 12.9. The highest BCUT2D eigenvalue weighted by atomic mass is 35.5. The zero-order chi connectivity index (χ0) is 33.5. The molecule has 19 heteroatoms. The van der Waals surface area contributed by atoms with Crippen molar-refractivity contribution in [1.29, 1.82) is 0 Å². The topological polar surface area (TPSA) is 166 Å². The highest BCUT2D eigenvalue weighted by Gasteiger charge is 2.39. The number of benzene rings is 1. The molecule has 1 aromatic carbocycles. The zero-order valence-electron chi connectivity index (χ0n) is 23.4. The summed E-state index contributed by atoms with van der Waals surface area (Å²) in [5.41, 5.74) is 4.53. The van der Waals surface area contributed by atoms with Crippen molar-refractivity contribution in [3.63, 3.8) is 0 Å². The Kier molecular flexibility index (Phi) is 11.3. The molecule has 1 fully saturated rings. The number of nitrogens with zero attached hydrogens (tertiary/aromatic N) is 5. The minimum absolute atomic E-state index is 0.0690. The van der Waals surface area contributed by atoms with Crippen molar-refractivity contribution in [3.05, 3.63) is 47.6 Å². The molecule has 0 saturated carbocycles. The molecule has 5 rings (SSSR count). The minimum atomic E-state index is -5.08. The van der Waals surface area contributed by atoms with Gasteiger partial charge in [-0.15, -0.1) is 0 Å². The maximum atomic E-state index is 10.6. The standard InChI is InChI=1S/C22H24ClN7O.2C2HF3O2/c1-13(29-22-19-21(26-11-25-19)27-12-28-22)16-10-17(23)15-4-3-7-24-18(15)20(16)30-8-5-14(31-2)6-9-30;2*3-2(4,5)1(6)7/h3-4,7,10-14H,5-6,8-9H2,1-2H3,(H2,25,26,27,28,29);2*(H,6,7). The number of aromatic amines is 1. The number of fused-ring (bicyclic) bond motifs is 2. The van der Waals surface area contributed by atoms with Crippen molar-refractivity contribution < 1.29 is 50.9 Å². The molecule has 0 amide bonds. The monoisotopic (exact) mass is 665 g/mol. The number of hydrogen-bond acceptors (Lipinski definition) is 9. The largest absolute Gasteiger partial charge is 0.490 e. The molecule has 0 spiro atoms. The van der Waals surface area contributed by atoms with Crippen LogP contribution in [0.1, 0.15) is 31.4 Å². The molecule has 1 aliphatic heterocycles. The SMILES string of the molecule is COC1CCN(c2c(C(C)Nc3ncnc4nc[nH]c34)cc(Cl)c3cccnc23)CC1.O=C(O)C(F)(F)F.O=C(O)C(F)(F)F. The first-order valence-corrected chi connectivity index (χ1v) is 13.3. The molecular weight excluding hydrogens is 640 g/mol. The first kappa shape index (κ1) is 35.0. The maximum Gasteiger partial charge on any atom is 0.490 e. The Morgan fingerprint density at radius 3 is 2.22 bits per heavy atom. The molecule has 12 nitrogen and oxygen atoms in total. The highest BCUT2D eigenvalue weighted by Crippen LogP contribution is 2.40. The number of imidazole rings is 1. The van der Waals surface area contributed by atoms with Crippen LogP contribution in [0.3, 0.4) is 0 Å². The van der Waals surface area contributed by atoms with Gasteiger partial charge in [-0.2, -0.15) is 26.3 Å². The molecular formula is C26H26ClF6N7O5. The van der Waals surface area contributed by atoms with Crippen molar-refractivity contribution in [2.24, 2.45) is 0 Å². The Morgan fingerprint density at radius 1 is 1.07 bits per heavy atom. The fraction of sp³-hybridized carbons (Fsp3) is 0.385. The summed E-state index contributed by atoms with van der Waals surface area (Å²) in [6.45, 7) is 3.92. The second-order valence-corrected chi connectivity index (χ2v) is 9.82. The number of alkyl halides is 6. The van der Waals surface area contributed by atoms with Gasteiger partial charge in [0.05, 0.1) is 34.7 Å². The average Bonchev–Trinajstić information content (AvgIpc) is 3.47. The minimum Gasteiger partial charge on any atom is -0.475 e. The van der Waals surface area contributed by atoms with Crippen LogP contribution in [0.25, 0.3) is 22.1 Å². The predicted molar refractivity (Wildman–Crippen MR) is 150 cm³/mol. The van der Waals surface area contributed by atoms with Gasteiger partial charge in [0.2, 0.25) is 0 Å². The number of hydrogen-bond donors (Lipinski definition) is 4. The van der Waals surface area contributed by atoms with Crippen LogP contribution in [-0.2, 0) is 14.3 Å². The molecule has 0 radical (unpaired) electrons. The van der Waals surface area contributed by atoms with E-state index in [0.717, 1.165) is 53.6 Å². The average molecular weight is 666 g/mol. The third-order valence-electron chi connectivity index (χ3n) is 6.46. The van der Waals surface area contributed by atoms with Crippen LogP contribution in [-0.4, -0.2) is 85.7 Å². The Hall–Kier alpha value is -4.45. The normalized spacial score (nSPS) is 14.6. The predicted octanol–water partition coefficient (Wildman–Crippen LogP) is 5.61. The summed E-state index contributed by atoms with van der Waals surface area (Å²) in [5.74, 6) is -4.81. The maximum absolute atomic E-state index is 10.6. The van der Waals surface area contributed by atoms with Crippen LogP contribution in [0.5, 0.6) is 0 Å². The van der Waals surface area contributed by atoms with Gasteiger partial charge in [0.25, 0.3) is 0 Å². The Morgan fingerprint density at radius 2 is 1.67 bits per heavy atom. The Balaban J connectivity index is 0.000000331. The molecule has 1 saturated heterocycles. The summed E-state index contributed by atoms with van der Waals surface area (Å²) in [4.78, 5) is 40.9. The number of piperidine rings is 1. The number of aliphatic carboxylic acids is 2. The van der Waals surface area contributed by atoms with Crippen molar-refractivity contribution in [2.45, 2.75) is 44.3 Å². The molecule has 0 aliphatic carbocycles. The van der Waals surface area contributed by atoms with Gasteiger partial charge in [-0.25, -0.2) is 24.5 Å². The van der Waals surface area contributed by atoms with Crippen LogP contribution >= 0.6 is 11.6 Å². The van der Waals surface area contributed by atoms with E-state index in [1.165, 1.54) is 6.33 Å². The first-order chi connectivity index (χ1) is 21.0. The fourth-order valence-corrected chi connectivity index (χ4v) is 4.61. The van der Waals surface area contributed by atoms with E-state index < -0.39 is 24.3 Å². The molecule has 1 atom stereocenters. The van der Waals surface area contributed by atoms with Crippen LogP contribution in [0.2, 0.25) is 5.02 Å². The van der Waals surface area contributed by atoms with Crippen LogP contribution in [0.15, 0.2) is 37.1 Å². The lowest BCUT2D eigenvalue weighted by Crippen LogP contribution is -2.37.